The fourth-order valence-electron chi connectivity index (χ4n) is 2.30. The van der Waals surface area contributed by atoms with Crippen LogP contribution in [-0.4, -0.2) is 10.9 Å². The van der Waals surface area contributed by atoms with E-state index in [-0.39, 0.29) is 23.7 Å². The average molecular weight is 373 g/mol. The number of nitrogens with two attached hydrogens (primary N) is 1. The van der Waals surface area contributed by atoms with Gasteiger partial charge in [-0.05, 0) is 30.2 Å². The van der Waals surface area contributed by atoms with Crippen molar-refractivity contribution < 1.29 is 26.8 Å². The summed E-state index contributed by atoms with van der Waals surface area (Å²) in [5.41, 5.74) is 4.72. The number of aromatic nitrogens is 1. The Morgan fingerprint density at radius 2 is 2.08 bits per heavy atom. The first-order valence-corrected chi connectivity index (χ1v) is 8.06. The van der Waals surface area contributed by atoms with Crippen molar-refractivity contribution in [1.82, 2.24) is 10.3 Å². The lowest BCUT2D eigenvalue weighted by Gasteiger charge is -2.10. The van der Waals surface area contributed by atoms with Gasteiger partial charge in [-0.15, -0.1) is 0 Å². The molecule has 0 spiro atoms. The Kier molecular flexibility index (Phi) is 6.36. The Labute approximate surface area is 147 Å². The lowest BCUT2D eigenvalue weighted by Crippen LogP contribution is -2.23. The molecule has 1 aromatic carbocycles. The minimum absolute atomic E-state index is 0.0194. The maximum absolute atomic E-state index is 13.3. The van der Waals surface area contributed by atoms with Gasteiger partial charge in [0.2, 0.25) is 5.89 Å². The molecule has 142 valence electrons. The van der Waals surface area contributed by atoms with Gasteiger partial charge in [-0.1, -0.05) is 19.8 Å². The molecule has 26 heavy (non-hydrogen) atoms. The highest BCUT2D eigenvalue weighted by Crippen LogP contribution is 2.30. The van der Waals surface area contributed by atoms with Crippen LogP contribution in [0.15, 0.2) is 28.9 Å². The van der Waals surface area contributed by atoms with Gasteiger partial charge in [0.1, 0.15) is 12.1 Å². The van der Waals surface area contributed by atoms with Crippen molar-refractivity contribution in [2.45, 2.75) is 44.9 Å². The molecule has 0 radical (unpaired) electrons. The second kappa shape index (κ2) is 8.31. The standard InChI is InChI=1S/C17H19F4N3O2/c1-2-3-4-13(22)16-24-14(9-26-16)15(25)23-8-10-5-11(17(19,20)21)7-12(18)6-10/h5-7,9,13H,2-4,8,22H2,1H3,(H,23,25). The van der Waals surface area contributed by atoms with E-state index in [0.29, 0.717) is 12.5 Å². The highest BCUT2D eigenvalue weighted by molar-refractivity contribution is 5.91. The van der Waals surface area contributed by atoms with Crippen LogP contribution in [0.5, 0.6) is 0 Å². The molecule has 0 aliphatic carbocycles. The lowest BCUT2D eigenvalue weighted by molar-refractivity contribution is -0.137. The molecule has 5 nitrogen and oxygen atoms in total. The van der Waals surface area contributed by atoms with Gasteiger partial charge < -0.3 is 15.5 Å². The van der Waals surface area contributed by atoms with E-state index in [0.717, 1.165) is 31.2 Å². The Bertz CT molecular complexity index is 759. The van der Waals surface area contributed by atoms with E-state index in [9.17, 15) is 22.4 Å². The summed E-state index contributed by atoms with van der Waals surface area (Å²) >= 11 is 0. The number of nitrogens with zero attached hydrogens (tertiary/aromatic N) is 1. The number of nitrogens with one attached hydrogen (secondary N) is 1. The molecule has 1 atom stereocenters. The topological polar surface area (TPSA) is 81.1 Å². The fourth-order valence-corrected chi connectivity index (χ4v) is 2.30. The van der Waals surface area contributed by atoms with E-state index in [1.807, 2.05) is 6.92 Å². The van der Waals surface area contributed by atoms with Crippen molar-refractivity contribution in [3.05, 3.63) is 53.0 Å². The zero-order valence-corrected chi connectivity index (χ0v) is 14.1. The van der Waals surface area contributed by atoms with Gasteiger partial charge in [-0.25, -0.2) is 9.37 Å². The minimum atomic E-state index is -4.67. The van der Waals surface area contributed by atoms with Gasteiger partial charge in [0.25, 0.3) is 5.91 Å². The van der Waals surface area contributed by atoms with Gasteiger partial charge >= 0.3 is 6.18 Å². The molecular weight excluding hydrogens is 354 g/mol. The Morgan fingerprint density at radius 3 is 2.73 bits per heavy atom. The van der Waals surface area contributed by atoms with Crippen molar-refractivity contribution >= 4 is 5.91 Å². The molecule has 1 amide bonds. The summed E-state index contributed by atoms with van der Waals surface area (Å²) in [7, 11) is 0. The normalized spacial score (nSPS) is 12.8. The SMILES string of the molecule is CCCCC(N)c1nc(C(=O)NCc2cc(F)cc(C(F)(F)F)c2)co1. The summed E-state index contributed by atoms with van der Waals surface area (Å²) in [6.45, 7) is 1.72. The third-order valence-corrected chi connectivity index (χ3v) is 3.68. The van der Waals surface area contributed by atoms with Crippen molar-refractivity contribution in [2.75, 3.05) is 0 Å². The molecule has 0 saturated carbocycles. The average Bonchev–Trinajstić information content (AvgIpc) is 3.06. The van der Waals surface area contributed by atoms with E-state index >= 15 is 0 Å². The predicted molar refractivity (Wildman–Crippen MR) is 85.5 cm³/mol. The van der Waals surface area contributed by atoms with Crippen LogP contribution in [0.2, 0.25) is 0 Å². The number of carbonyl (C=O) groups excluding carboxylic acids is 1. The van der Waals surface area contributed by atoms with Gasteiger partial charge in [0.05, 0.1) is 11.6 Å². The quantitative estimate of drug-likeness (QED) is 0.720. The molecule has 1 heterocycles. The third-order valence-electron chi connectivity index (χ3n) is 3.68. The highest BCUT2D eigenvalue weighted by Gasteiger charge is 2.31. The van der Waals surface area contributed by atoms with Crippen LogP contribution in [0, 0.1) is 5.82 Å². The van der Waals surface area contributed by atoms with E-state index in [1.54, 1.807) is 0 Å². The number of oxazole rings is 1. The molecule has 3 N–H and O–H groups in total. The van der Waals surface area contributed by atoms with Crippen molar-refractivity contribution in [1.29, 1.82) is 0 Å². The number of alkyl halides is 3. The van der Waals surface area contributed by atoms with Crippen LogP contribution in [0.25, 0.3) is 0 Å². The molecule has 2 rings (SSSR count). The molecule has 0 aliphatic heterocycles. The number of unbranched alkanes of at least 4 members (excludes halogenated alkanes) is 1. The number of rotatable bonds is 7. The summed E-state index contributed by atoms with van der Waals surface area (Å²) in [6.07, 6.45) is -1.05. The van der Waals surface area contributed by atoms with Gasteiger partial charge in [-0.2, -0.15) is 13.2 Å². The van der Waals surface area contributed by atoms with Gasteiger partial charge in [0, 0.05) is 6.54 Å². The van der Waals surface area contributed by atoms with Crippen LogP contribution >= 0.6 is 0 Å². The minimum Gasteiger partial charge on any atom is -0.446 e. The number of amides is 1. The van der Waals surface area contributed by atoms with Crippen molar-refractivity contribution in [2.24, 2.45) is 5.73 Å². The Balaban J connectivity index is 2.01. The van der Waals surface area contributed by atoms with E-state index in [4.69, 9.17) is 10.2 Å². The van der Waals surface area contributed by atoms with Gasteiger partial charge in [0.15, 0.2) is 5.69 Å². The first-order chi connectivity index (χ1) is 12.2. The lowest BCUT2D eigenvalue weighted by atomic mass is 10.1. The zero-order chi connectivity index (χ0) is 19.3. The molecule has 1 aromatic heterocycles. The maximum Gasteiger partial charge on any atom is 0.416 e. The van der Waals surface area contributed by atoms with Crippen molar-refractivity contribution in [3.63, 3.8) is 0 Å². The molecule has 0 aliphatic rings. The first kappa shape index (κ1) is 19.9. The molecule has 1 unspecified atom stereocenters. The summed E-state index contributed by atoms with van der Waals surface area (Å²) in [5.74, 6) is -1.47. The second-order valence-electron chi connectivity index (χ2n) is 5.85. The maximum atomic E-state index is 13.3. The van der Waals surface area contributed by atoms with E-state index in [2.05, 4.69) is 10.3 Å². The van der Waals surface area contributed by atoms with Gasteiger partial charge in [-0.3, -0.25) is 4.79 Å². The summed E-state index contributed by atoms with van der Waals surface area (Å²) in [6, 6.07) is 1.66. The highest BCUT2D eigenvalue weighted by atomic mass is 19.4. The molecule has 0 saturated heterocycles. The summed E-state index contributed by atoms with van der Waals surface area (Å²) in [4.78, 5) is 16.0. The zero-order valence-electron chi connectivity index (χ0n) is 14.1. The number of carbonyl (C=O) groups is 1. The van der Waals surface area contributed by atoms with Crippen LogP contribution in [0.1, 0.15) is 59.7 Å². The molecule has 0 fully saturated rings. The second-order valence-corrected chi connectivity index (χ2v) is 5.85. The van der Waals surface area contributed by atoms with E-state index in [1.165, 1.54) is 0 Å². The number of hydrogen-bond donors (Lipinski definition) is 2. The molecule has 2 aromatic rings. The Hall–Kier alpha value is -2.42. The van der Waals surface area contributed by atoms with Crippen LogP contribution in [0.3, 0.4) is 0 Å². The fraction of sp³-hybridized carbons (Fsp3) is 0.412. The third kappa shape index (κ3) is 5.29. The smallest absolute Gasteiger partial charge is 0.416 e. The monoisotopic (exact) mass is 373 g/mol. The first-order valence-electron chi connectivity index (χ1n) is 8.06. The largest absolute Gasteiger partial charge is 0.446 e. The summed E-state index contributed by atoms with van der Waals surface area (Å²) in [5, 5.41) is 2.38. The van der Waals surface area contributed by atoms with Crippen LogP contribution in [-0.2, 0) is 12.7 Å². The number of hydrogen-bond acceptors (Lipinski definition) is 4. The van der Waals surface area contributed by atoms with E-state index < -0.39 is 29.5 Å². The number of halogens is 4. The molecule has 9 heteroatoms. The predicted octanol–water partition coefficient (Wildman–Crippen LogP) is 3.95. The molecular formula is C17H19F4N3O2. The van der Waals surface area contributed by atoms with Crippen molar-refractivity contribution in [3.8, 4) is 0 Å². The number of benzene rings is 1. The summed E-state index contributed by atoms with van der Waals surface area (Å²) < 4.78 is 56.6. The Morgan fingerprint density at radius 1 is 1.35 bits per heavy atom. The van der Waals surface area contributed by atoms with Crippen LogP contribution in [0.4, 0.5) is 17.6 Å². The van der Waals surface area contributed by atoms with Crippen LogP contribution < -0.4 is 11.1 Å². The molecule has 0 bridgehead atoms.